The van der Waals surface area contributed by atoms with Crippen molar-refractivity contribution in [2.75, 3.05) is 0 Å². The Bertz CT molecular complexity index is 490. The van der Waals surface area contributed by atoms with E-state index in [1.54, 1.807) is 19.5 Å². The van der Waals surface area contributed by atoms with Crippen molar-refractivity contribution in [1.82, 2.24) is 5.32 Å². The van der Waals surface area contributed by atoms with E-state index in [1.807, 2.05) is 13.0 Å². The van der Waals surface area contributed by atoms with Gasteiger partial charge in [0, 0.05) is 23.2 Å². The van der Waals surface area contributed by atoms with Crippen LogP contribution in [0.2, 0.25) is 0 Å². The van der Waals surface area contributed by atoms with Crippen molar-refractivity contribution in [3.8, 4) is 0 Å². The van der Waals surface area contributed by atoms with Crippen LogP contribution in [-0.2, 0) is 0 Å². The molecule has 1 aromatic carbocycles. The van der Waals surface area contributed by atoms with Gasteiger partial charge in [0.2, 0.25) is 0 Å². The molecule has 0 aliphatic rings. The van der Waals surface area contributed by atoms with Gasteiger partial charge in [-0.25, -0.2) is 8.78 Å². The highest BCUT2D eigenvalue weighted by Crippen LogP contribution is 2.23. The predicted octanol–water partition coefficient (Wildman–Crippen LogP) is 3.97. The van der Waals surface area contributed by atoms with Crippen molar-refractivity contribution in [1.29, 1.82) is 0 Å². The lowest BCUT2D eigenvalue weighted by atomic mass is 10.0. The largest absolute Gasteiger partial charge is 0.472 e. The van der Waals surface area contributed by atoms with E-state index in [0.29, 0.717) is 0 Å². The zero-order chi connectivity index (χ0) is 13.1. The van der Waals surface area contributed by atoms with Crippen molar-refractivity contribution in [2.45, 2.75) is 25.9 Å². The molecule has 4 heteroatoms. The Morgan fingerprint density at radius 1 is 1.06 bits per heavy atom. The van der Waals surface area contributed by atoms with Gasteiger partial charge in [-0.15, -0.1) is 0 Å². The summed E-state index contributed by atoms with van der Waals surface area (Å²) in [7, 11) is 0. The molecule has 0 spiro atoms. The summed E-state index contributed by atoms with van der Waals surface area (Å²) in [5.74, 6) is -1.07. The van der Waals surface area contributed by atoms with Gasteiger partial charge in [0.25, 0.3) is 0 Å². The maximum atomic E-state index is 13.6. The molecule has 0 aliphatic heterocycles. The maximum Gasteiger partial charge on any atom is 0.130 e. The number of furan rings is 1. The molecule has 0 radical (unpaired) electrons. The molecule has 1 heterocycles. The van der Waals surface area contributed by atoms with Crippen LogP contribution in [0.3, 0.4) is 0 Å². The highest BCUT2D eigenvalue weighted by molar-refractivity contribution is 5.23. The second-order valence-electron chi connectivity index (χ2n) is 4.30. The molecule has 0 saturated carbocycles. The van der Waals surface area contributed by atoms with Crippen LogP contribution >= 0.6 is 0 Å². The molecule has 0 fully saturated rings. The maximum absolute atomic E-state index is 13.6. The van der Waals surface area contributed by atoms with Gasteiger partial charge in [0.1, 0.15) is 11.6 Å². The summed E-state index contributed by atoms with van der Waals surface area (Å²) in [4.78, 5) is 0. The molecular formula is C14H15F2NO. The minimum Gasteiger partial charge on any atom is -0.472 e. The Hall–Kier alpha value is -1.68. The molecule has 0 amide bonds. The zero-order valence-corrected chi connectivity index (χ0v) is 10.3. The third-order valence-corrected chi connectivity index (χ3v) is 2.98. The average molecular weight is 251 g/mol. The lowest BCUT2D eigenvalue weighted by Gasteiger charge is -2.20. The monoisotopic (exact) mass is 251 g/mol. The van der Waals surface area contributed by atoms with Crippen LogP contribution in [0.5, 0.6) is 0 Å². The van der Waals surface area contributed by atoms with E-state index in [2.05, 4.69) is 5.32 Å². The van der Waals surface area contributed by atoms with Crippen molar-refractivity contribution in [2.24, 2.45) is 0 Å². The van der Waals surface area contributed by atoms with Gasteiger partial charge in [-0.05, 0) is 32.0 Å². The van der Waals surface area contributed by atoms with Crippen LogP contribution in [0, 0.1) is 11.6 Å². The highest BCUT2D eigenvalue weighted by Gasteiger charge is 2.18. The second kappa shape index (κ2) is 5.31. The molecular weight excluding hydrogens is 236 g/mol. The number of hydrogen-bond donors (Lipinski definition) is 1. The molecule has 1 aromatic heterocycles. The van der Waals surface area contributed by atoms with E-state index < -0.39 is 17.7 Å². The molecule has 1 N–H and O–H groups in total. The molecule has 18 heavy (non-hydrogen) atoms. The number of rotatable bonds is 4. The van der Waals surface area contributed by atoms with E-state index >= 15 is 0 Å². The first kappa shape index (κ1) is 12.8. The summed E-state index contributed by atoms with van der Waals surface area (Å²) in [6.45, 7) is 3.65. The van der Waals surface area contributed by atoms with Crippen LogP contribution in [0.1, 0.15) is 37.1 Å². The Balaban J connectivity index is 2.15. The number of hydrogen-bond acceptors (Lipinski definition) is 2. The van der Waals surface area contributed by atoms with Crippen molar-refractivity contribution >= 4 is 0 Å². The van der Waals surface area contributed by atoms with E-state index in [1.165, 1.54) is 18.2 Å². The fourth-order valence-electron chi connectivity index (χ4n) is 2.00. The molecule has 96 valence electrons. The quantitative estimate of drug-likeness (QED) is 0.889. The van der Waals surface area contributed by atoms with Crippen LogP contribution in [0.25, 0.3) is 0 Å². The van der Waals surface area contributed by atoms with E-state index in [4.69, 9.17) is 4.42 Å². The number of nitrogens with one attached hydrogen (secondary N) is 1. The topological polar surface area (TPSA) is 25.2 Å². The van der Waals surface area contributed by atoms with Gasteiger partial charge < -0.3 is 9.73 Å². The minimum atomic E-state index is -0.533. The molecule has 0 saturated heterocycles. The smallest absolute Gasteiger partial charge is 0.130 e. The fraction of sp³-hybridized carbons (Fsp3) is 0.286. The molecule has 2 nitrogen and oxygen atoms in total. The van der Waals surface area contributed by atoms with Gasteiger partial charge in [-0.2, -0.15) is 0 Å². The van der Waals surface area contributed by atoms with Crippen molar-refractivity contribution in [3.05, 3.63) is 59.6 Å². The molecule has 2 atom stereocenters. The third kappa shape index (κ3) is 2.59. The van der Waals surface area contributed by atoms with Crippen molar-refractivity contribution in [3.63, 3.8) is 0 Å². The first-order chi connectivity index (χ1) is 8.59. The number of halogens is 2. The lowest BCUT2D eigenvalue weighted by Crippen LogP contribution is -2.23. The average Bonchev–Trinajstić information content (AvgIpc) is 2.81. The van der Waals surface area contributed by atoms with Crippen LogP contribution in [0.4, 0.5) is 8.78 Å². The summed E-state index contributed by atoms with van der Waals surface area (Å²) in [6, 6.07) is 5.25. The molecule has 2 unspecified atom stereocenters. The zero-order valence-electron chi connectivity index (χ0n) is 10.3. The van der Waals surface area contributed by atoms with Gasteiger partial charge >= 0.3 is 0 Å². The van der Waals surface area contributed by atoms with Crippen molar-refractivity contribution < 1.29 is 13.2 Å². The predicted molar refractivity (Wildman–Crippen MR) is 65.0 cm³/mol. The van der Waals surface area contributed by atoms with Gasteiger partial charge in [-0.1, -0.05) is 6.07 Å². The Morgan fingerprint density at radius 2 is 1.72 bits per heavy atom. The van der Waals surface area contributed by atoms with Crippen LogP contribution in [0.15, 0.2) is 41.2 Å². The van der Waals surface area contributed by atoms with Gasteiger partial charge in [0.05, 0.1) is 12.5 Å². The lowest BCUT2D eigenvalue weighted by molar-refractivity contribution is 0.447. The Labute approximate surface area is 105 Å². The Morgan fingerprint density at radius 3 is 2.28 bits per heavy atom. The second-order valence-corrected chi connectivity index (χ2v) is 4.30. The molecule has 2 aromatic rings. The summed E-state index contributed by atoms with van der Waals surface area (Å²) in [6.07, 6.45) is 3.18. The summed E-state index contributed by atoms with van der Waals surface area (Å²) in [5, 5.41) is 3.14. The summed E-state index contributed by atoms with van der Waals surface area (Å²) in [5.41, 5.74) is 1.01. The first-order valence-electron chi connectivity index (χ1n) is 5.81. The number of benzene rings is 1. The Kier molecular flexibility index (Phi) is 3.77. The van der Waals surface area contributed by atoms with Gasteiger partial charge in [-0.3, -0.25) is 0 Å². The van der Waals surface area contributed by atoms with E-state index in [0.717, 1.165) is 5.56 Å². The summed E-state index contributed by atoms with van der Waals surface area (Å²) < 4.78 is 32.2. The van der Waals surface area contributed by atoms with E-state index in [-0.39, 0.29) is 11.6 Å². The first-order valence-corrected chi connectivity index (χ1v) is 5.81. The standard InChI is InChI=1S/C14H15F2NO/c1-9(11-6-7-18-8-11)17-10(2)14-12(15)4-3-5-13(14)16/h3-10,17H,1-2H3. The summed E-state index contributed by atoms with van der Waals surface area (Å²) >= 11 is 0. The normalized spacial score (nSPS) is 14.4. The molecule has 2 rings (SSSR count). The van der Waals surface area contributed by atoms with E-state index in [9.17, 15) is 8.78 Å². The van der Waals surface area contributed by atoms with Gasteiger partial charge in [0.15, 0.2) is 0 Å². The minimum absolute atomic E-state index is 0.0437. The SMILES string of the molecule is CC(NC(C)c1c(F)cccc1F)c1ccoc1. The van der Waals surface area contributed by atoms with Crippen LogP contribution in [-0.4, -0.2) is 0 Å². The third-order valence-electron chi connectivity index (χ3n) is 2.98. The van der Waals surface area contributed by atoms with Crippen LogP contribution < -0.4 is 5.32 Å². The molecule has 0 aliphatic carbocycles. The molecule has 0 bridgehead atoms. The fourth-order valence-corrected chi connectivity index (χ4v) is 2.00. The highest BCUT2D eigenvalue weighted by atomic mass is 19.1.